The summed E-state index contributed by atoms with van der Waals surface area (Å²) < 4.78 is 0. The lowest BCUT2D eigenvalue weighted by Gasteiger charge is -2.34. The molecule has 0 aliphatic rings. The fourth-order valence-electron chi connectivity index (χ4n) is 4.19. The average molecular weight is 389 g/mol. The molecule has 0 amide bonds. The molecule has 0 bridgehead atoms. The molecule has 0 N–H and O–H groups in total. The first-order valence-electron chi connectivity index (χ1n) is 11.2. The Morgan fingerprint density at radius 1 is 0.786 bits per heavy atom. The summed E-state index contributed by atoms with van der Waals surface area (Å²) in [6, 6.07) is 19.4. The third-order valence-corrected chi connectivity index (χ3v) is 12.3. The summed E-state index contributed by atoms with van der Waals surface area (Å²) >= 11 is 0. The molecule has 0 saturated carbocycles. The molecular weight excluding hydrogens is 352 g/mol. The Morgan fingerprint density at radius 2 is 1.50 bits per heavy atom. The molecule has 0 aliphatic carbocycles. The molecule has 0 aromatic heterocycles. The number of rotatable bonds is 9. The van der Waals surface area contributed by atoms with Crippen LogP contribution in [-0.4, -0.2) is 8.07 Å². The summed E-state index contributed by atoms with van der Waals surface area (Å²) in [5.41, 5.74) is 1.76. The molecule has 1 heteroatoms. The van der Waals surface area contributed by atoms with E-state index in [1.165, 1.54) is 60.2 Å². The number of benzene rings is 2. The van der Waals surface area contributed by atoms with E-state index in [1.54, 1.807) is 0 Å². The van der Waals surface area contributed by atoms with Gasteiger partial charge in [0.25, 0.3) is 0 Å². The maximum absolute atomic E-state index is 3.63. The molecule has 1 unspecified atom stereocenters. The van der Waals surface area contributed by atoms with E-state index in [1.807, 2.05) is 0 Å². The molecule has 0 fully saturated rings. The summed E-state index contributed by atoms with van der Waals surface area (Å²) in [4.78, 5) is 0. The van der Waals surface area contributed by atoms with Crippen LogP contribution in [0.15, 0.2) is 42.5 Å². The van der Waals surface area contributed by atoms with Crippen molar-refractivity contribution in [2.45, 2.75) is 83.5 Å². The Kier molecular flexibility index (Phi) is 9.40. The first-order chi connectivity index (χ1) is 13.7. The van der Waals surface area contributed by atoms with Crippen molar-refractivity contribution < 1.29 is 0 Å². The standard InChI is InChI=1S/C27H36Si/c1-5-9-10-11-12-13-14-15-20-27(28(6-2,7-3)8-4)26-22-21-24-18-16-17-19-25(24)23-26/h16-19,21-23,27H,5-12H2,1-4H3. The minimum Gasteiger partial charge on any atom is -0.0891 e. The average Bonchev–Trinajstić information content (AvgIpc) is 2.75. The van der Waals surface area contributed by atoms with Crippen LogP contribution in [0, 0.1) is 23.7 Å². The van der Waals surface area contributed by atoms with E-state index in [0.717, 1.165) is 6.42 Å². The van der Waals surface area contributed by atoms with Crippen LogP contribution < -0.4 is 0 Å². The van der Waals surface area contributed by atoms with Crippen molar-refractivity contribution in [2.24, 2.45) is 0 Å². The van der Waals surface area contributed by atoms with Gasteiger partial charge in [-0.25, -0.2) is 0 Å². The molecule has 2 rings (SSSR count). The van der Waals surface area contributed by atoms with Crippen LogP contribution in [0.1, 0.15) is 70.9 Å². The summed E-state index contributed by atoms with van der Waals surface area (Å²) in [6.45, 7) is 9.35. The predicted molar refractivity (Wildman–Crippen MR) is 128 cm³/mol. The van der Waals surface area contributed by atoms with E-state index in [0.29, 0.717) is 5.54 Å². The van der Waals surface area contributed by atoms with Crippen molar-refractivity contribution in [3.63, 3.8) is 0 Å². The van der Waals surface area contributed by atoms with Crippen LogP contribution in [0.25, 0.3) is 10.8 Å². The summed E-state index contributed by atoms with van der Waals surface area (Å²) in [5.74, 6) is 13.3. The van der Waals surface area contributed by atoms with Gasteiger partial charge in [0.2, 0.25) is 0 Å². The van der Waals surface area contributed by atoms with Gasteiger partial charge in [0, 0.05) is 12.0 Å². The van der Waals surface area contributed by atoms with Crippen LogP contribution >= 0.6 is 0 Å². The molecule has 0 heterocycles. The smallest absolute Gasteiger partial charge is 0.0752 e. The molecule has 0 spiro atoms. The third-order valence-electron chi connectivity index (χ3n) is 6.35. The highest BCUT2D eigenvalue weighted by molar-refractivity contribution is 6.81. The van der Waals surface area contributed by atoms with E-state index in [9.17, 15) is 0 Å². The maximum Gasteiger partial charge on any atom is 0.0752 e. The number of unbranched alkanes of at least 4 members (excludes halogenated alkanes) is 4. The molecule has 148 valence electrons. The first kappa shape index (κ1) is 22.3. The first-order valence-corrected chi connectivity index (χ1v) is 13.9. The zero-order valence-electron chi connectivity index (χ0n) is 18.3. The zero-order valence-corrected chi connectivity index (χ0v) is 19.3. The van der Waals surface area contributed by atoms with Crippen LogP contribution in [0.3, 0.4) is 0 Å². The van der Waals surface area contributed by atoms with Gasteiger partial charge in [0.05, 0.1) is 8.07 Å². The van der Waals surface area contributed by atoms with E-state index >= 15 is 0 Å². The molecule has 0 radical (unpaired) electrons. The number of hydrogen-bond donors (Lipinski definition) is 0. The van der Waals surface area contributed by atoms with E-state index in [-0.39, 0.29) is 0 Å². The largest absolute Gasteiger partial charge is 0.0891 e. The third kappa shape index (κ3) is 5.77. The van der Waals surface area contributed by atoms with Gasteiger partial charge >= 0.3 is 0 Å². The topological polar surface area (TPSA) is 0 Å². The minimum atomic E-state index is -1.50. The fourth-order valence-corrected chi connectivity index (χ4v) is 8.18. The van der Waals surface area contributed by atoms with Crippen molar-refractivity contribution in [1.29, 1.82) is 0 Å². The fraction of sp³-hybridized carbons (Fsp3) is 0.481. The Balaban J connectivity index is 2.30. The molecule has 1 atom stereocenters. The van der Waals surface area contributed by atoms with Gasteiger partial charge < -0.3 is 0 Å². The summed E-state index contributed by atoms with van der Waals surface area (Å²) in [7, 11) is -1.50. The molecule has 28 heavy (non-hydrogen) atoms. The van der Waals surface area contributed by atoms with Gasteiger partial charge in [-0.2, -0.15) is 0 Å². The summed E-state index contributed by atoms with van der Waals surface area (Å²) in [5, 5.41) is 2.63. The lowest BCUT2D eigenvalue weighted by Crippen LogP contribution is -2.39. The van der Waals surface area contributed by atoms with E-state index < -0.39 is 8.07 Å². The van der Waals surface area contributed by atoms with Crippen LogP contribution in [0.2, 0.25) is 18.1 Å². The maximum atomic E-state index is 3.63. The van der Waals surface area contributed by atoms with Crippen LogP contribution in [-0.2, 0) is 0 Å². The molecule has 0 saturated heterocycles. The highest BCUT2D eigenvalue weighted by Gasteiger charge is 2.36. The van der Waals surface area contributed by atoms with Gasteiger partial charge in [-0.15, -0.1) is 0 Å². The zero-order chi connectivity index (χ0) is 20.2. The minimum absolute atomic E-state index is 0.367. The number of fused-ring (bicyclic) bond motifs is 1. The molecule has 0 nitrogen and oxygen atoms in total. The Bertz CT molecular complexity index is 844. The molecule has 2 aromatic rings. The highest BCUT2D eigenvalue weighted by Crippen LogP contribution is 2.36. The van der Waals surface area contributed by atoms with Crippen molar-refractivity contribution in [2.75, 3.05) is 0 Å². The van der Waals surface area contributed by atoms with E-state index in [2.05, 4.69) is 93.8 Å². The van der Waals surface area contributed by atoms with Crippen molar-refractivity contribution in [3.05, 3.63) is 48.0 Å². The Hall–Kier alpha value is -1.96. The van der Waals surface area contributed by atoms with Crippen molar-refractivity contribution >= 4 is 18.8 Å². The summed E-state index contributed by atoms with van der Waals surface area (Å²) in [6.07, 6.45) is 6.06. The van der Waals surface area contributed by atoms with Gasteiger partial charge in [-0.1, -0.05) is 119 Å². The van der Waals surface area contributed by atoms with Crippen LogP contribution in [0.5, 0.6) is 0 Å². The lowest BCUT2D eigenvalue weighted by molar-refractivity contribution is 0.680. The molecular formula is C27H36Si. The predicted octanol–water partition coefficient (Wildman–Crippen LogP) is 7.95. The quantitative estimate of drug-likeness (QED) is 0.232. The second-order valence-corrected chi connectivity index (χ2v) is 13.3. The SMILES string of the molecule is CCCCCCC#CC#CC(c1ccc2ccccc2c1)[Si](CC)(CC)CC. The Labute approximate surface area is 174 Å². The normalized spacial score (nSPS) is 12.0. The second kappa shape index (κ2) is 11.8. The van der Waals surface area contributed by atoms with Gasteiger partial charge in [0.1, 0.15) is 0 Å². The van der Waals surface area contributed by atoms with Crippen LogP contribution in [0.4, 0.5) is 0 Å². The van der Waals surface area contributed by atoms with Crippen molar-refractivity contribution in [3.8, 4) is 23.7 Å². The van der Waals surface area contributed by atoms with Gasteiger partial charge in [0.15, 0.2) is 0 Å². The molecule has 0 aliphatic heterocycles. The highest BCUT2D eigenvalue weighted by atomic mass is 28.3. The Morgan fingerprint density at radius 3 is 2.18 bits per heavy atom. The van der Waals surface area contributed by atoms with E-state index in [4.69, 9.17) is 0 Å². The van der Waals surface area contributed by atoms with Crippen molar-refractivity contribution in [1.82, 2.24) is 0 Å². The second-order valence-electron chi connectivity index (χ2n) is 7.84. The van der Waals surface area contributed by atoms with Gasteiger partial charge in [-0.05, 0) is 34.6 Å². The monoisotopic (exact) mass is 388 g/mol. The number of hydrogen-bond acceptors (Lipinski definition) is 0. The lowest BCUT2D eigenvalue weighted by atomic mass is 10.0. The van der Waals surface area contributed by atoms with Gasteiger partial charge in [-0.3, -0.25) is 0 Å². The molecule has 2 aromatic carbocycles.